The van der Waals surface area contributed by atoms with E-state index in [2.05, 4.69) is 44.2 Å². The second-order valence-corrected chi connectivity index (χ2v) is 10.4. The second kappa shape index (κ2) is 9.77. The third kappa shape index (κ3) is 4.92. The number of imidazole rings is 1. The molecule has 1 aliphatic rings. The fourth-order valence-electron chi connectivity index (χ4n) is 4.85. The Bertz CT molecular complexity index is 1420. The summed E-state index contributed by atoms with van der Waals surface area (Å²) in [5.74, 6) is 1.31. The van der Waals surface area contributed by atoms with Gasteiger partial charge in [-0.3, -0.25) is 0 Å². The molecule has 0 spiro atoms. The van der Waals surface area contributed by atoms with Crippen LogP contribution in [0.1, 0.15) is 35.0 Å². The number of halogens is 4. The maximum absolute atomic E-state index is 13.8. The molecule has 6 nitrogen and oxygen atoms in total. The van der Waals surface area contributed by atoms with Gasteiger partial charge in [0.1, 0.15) is 29.6 Å². The molecule has 11 heteroatoms. The number of aromatic nitrogens is 4. The van der Waals surface area contributed by atoms with E-state index in [0.717, 1.165) is 66.0 Å². The summed E-state index contributed by atoms with van der Waals surface area (Å²) in [7, 11) is 3.69. The molecule has 0 atom stereocenters. The van der Waals surface area contributed by atoms with Crippen LogP contribution in [0.25, 0.3) is 21.7 Å². The highest BCUT2D eigenvalue weighted by Crippen LogP contribution is 2.40. The Morgan fingerprint density at radius 1 is 1.08 bits per heavy atom. The second-order valence-electron chi connectivity index (χ2n) is 9.13. The lowest BCUT2D eigenvalue weighted by Gasteiger charge is -2.33. The van der Waals surface area contributed by atoms with E-state index in [0.29, 0.717) is 5.69 Å². The highest BCUT2D eigenvalue weighted by molar-refractivity contribution is 7.15. The molecule has 4 heterocycles. The lowest BCUT2D eigenvalue weighted by Crippen LogP contribution is -2.34. The summed E-state index contributed by atoms with van der Waals surface area (Å²) in [6.07, 6.45) is 0.127. The average Bonchev–Trinajstić information content (AvgIpc) is 3.48. The number of alkyl halides is 3. The van der Waals surface area contributed by atoms with Crippen molar-refractivity contribution < 1.29 is 17.6 Å². The summed E-state index contributed by atoms with van der Waals surface area (Å²) < 4.78 is 55.2. The van der Waals surface area contributed by atoms with Gasteiger partial charge in [-0.05, 0) is 50.1 Å². The van der Waals surface area contributed by atoms with Gasteiger partial charge >= 0.3 is 6.18 Å². The van der Waals surface area contributed by atoms with E-state index in [1.165, 1.54) is 10.9 Å². The van der Waals surface area contributed by atoms with Crippen LogP contribution in [0.5, 0.6) is 0 Å². The van der Waals surface area contributed by atoms with Crippen molar-refractivity contribution in [3.05, 3.63) is 64.9 Å². The first-order valence-corrected chi connectivity index (χ1v) is 12.7. The molecule has 0 unspecified atom stereocenters. The van der Waals surface area contributed by atoms with Crippen molar-refractivity contribution in [1.82, 2.24) is 19.5 Å². The molecule has 0 saturated carbocycles. The number of anilines is 2. The number of rotatable bonds is 5. The van der Waals surface area contributed by atoms with E-state index in [1.54, 1.807) is 23.9 Å². The van der Waals surface area contributed by atoms with Crippen LogP contribution in [0.3, 0.4) is 0 Å². The molecule has 5 rings (SSSR count). The molecular formula is C26H26F4N6S. The number of hydrogen-bond acceptors (Lipinski definition) is 6. The Balaban J connectivity index is 1.37. The minimum Gasteiger partial charge on any atom is -0.372 e. The number of piperidine rings is 1. The third-order valence-electron chi connectivity index (χ3n) is 6.69. The van der Waals surface area contributed by atoms with E-state index in [1.807, 2.05) is 18.7 Å². The predicted molar refractivity (Wildman–Crippen MR) is 137 cm³/mol. The molecular weight excluding hydrogens is 504 g/mol. The number of nitrogens with zero attached hydrogens (tertiary/aromatic N) is 5. The molecule has 1 fully saturated rings. The SMILES string of the molecule is CNc1ncnc(N2CCC(c3nc(-c4ccc(F)c(C(F)(F)F)c4)cn3C)CC2)c1-c1ccc(C)s1. The van der Waals surface area contributed by atoms with Gasteiger partial charge in [0.05, 0.1) is 16.8 Å². The Kier molecular flexibility index (Phi) is 6.65. The average molecular weight is 531 g/mol. The summed E-state index contributed by atoms with van der Waals surface area (Å²) >= 11 is 1.70. The van der Waals surface area contributed by atoms with Gasteiger partial charge in [0.15, 0.2) is 0 Å². The summed E-state index contributed by atoms with van der Waals surface area (Å²) in [4.78, 5) is 18.3. The van der Waals surface area contributed by atoms with Crippen molar-refractivity contribution in [1.29, 1.82) is 0 Å². The van der Waals surface area contributed by atoms with Gasteiger partial charge in [0.25, 0.3) is 0 Å². The van der Waals surface area contributed by atoms with Crippen LogP contribution >= 0.6 is 11.3 Å². The van der Waals surface area contributed by atoms with E-state index < -0.39 is 17.6 Å². The van der Waals surface area contributed by atoms with Crippen molar-refractivity contribution in [2.24, 2.45) is 7.05 Å². The minimum absolute atomic E-state index is 0.135. The van der Waals surface area contributed by atoms with Gasteiger partial charge in [-0.1, -0.05) is 0 Å². The van der Waals surface area contributed by atoms with Crippen LogP contribution in [0.15, 0.2) is 42.9 Å². The molecule has 194 valence electrons. The number of hydrogen-bond donors (Lipinski definition) is 1. The maximum atomic E-state index is 13.8. The molecule has 0 aliphatic carbocycles. The largest absolute Gasteiger partial charge is 0.419 e. The molecule has 0 amide bonds. The van der Waals surface area contributed by atoms with Gasteiger partial charge in [-0.15, -0.1) is 11.3 Å². The zero-order valence-corrected chi connectivity index (χ0v) is 21.4. The lowest BCUT2D eigenvalue weighted by molar-refractivity contribution is -0.139. The smallest absolute Gasteiger partial charge is 0.372 e. The quantitative estimate of drug-likeness (QED) is 0.299. The van der Waals surface area contributed by atoms with Crippen LogP contribution in [-0.2, 0) is 13.2 Å². The molecule has 0 bridgehead atoms. The Labute approximate surface area is 216 Å². The van der Waals surface area contributed by atoms with Crippen molar-refractivity contribution >= 4 is 23.0 Å². The van der Waals surface area contributed by atoms with Crippen LogP contribution in [0.2, 0.25) is 0 Å². The summed E-state index contributed by atoms with van der Waals surface area (Å²) in [6, 6.07) is 7.18. The number of aryl methyl sites for hydroxylation is 2. The number of thiophene rings is 1. The Hall–Kier alpha value is -3.47. The normalized spacial score (nSPS) is 14.8. The zero-order chi connectivity index (χ0) is 26.3. The minimum atomic E-state index is -4.76. The van der Waals surface area contributed by atoms with Gasteiger partial charge in [0.2, 0.25) is 0 Å². The number of benzene rings is 1. The monoisotopic (exact) mass is 530 g/mol. The maximum Gasteiger partial charge on any atom is 0.419 e. The molecule has 1 aromatic carbocycles. The molecule has 37 heavy (non-hydrogen) atoms. The van der Waals surface area contributed by atoms with E-state index in [-0.39, 0.29) is 11.5 Å². The first-order valence-electron chi connectivity index (χ1n) is 11.9. The van der Waals surface area contributed by atoms with Crippen molar-refractivity contribution in [2.45, 2.75) is 31.9 Å². The standard InChI is InChI=1S/C26H26F4N6S/c1-15-4-7-21(37-15)22-23(31-2)32-14-33-25(22)36-10-8-16(9-11-36)24-34-20(13-35(24)3)17-5-6-19(27)18(12-17)26(28,29)30/h4-7,12-14,16H,8-11H2,1-3H3,(H,31,32,33). The molecule has 1 saturated heterocycles. The fourth-order valence-corrected chi connectivity index (χ4v) is 5.76. The van der Waals surface area contributed by atoms with Crippen molar-refractivity contribution in [2.75, 3.05) is 30.4 Å². The molecule has 1 N–H and O–H groups in total. The number of nitrogens with one attached hydrogen (secondary N) is 1. The van der Waals surface area contributed by atoms with Crippen LogP contribution in [0, 0.1) is 12.7 Å². The van der Waals surface area contributed by atoms with Gasteiger partial charge in [-0.25, -0.2) is 19.3 Å². The fraction of sp³-hybridized carbons (Fsp3) is 0.346. The van der Waals surface area contributed by atoms with Crippen LogP contribution < -0.4 is 10.2 Å². The van der Waals surface area contributed by atoms with Gasteiger partial charge < -0.3 is 14.8 Å². The molecule has 1 aliphatic heterocycles. The molecule has 4 aromatic rings. The van der Waals surface area contributed by atoms with Crippen molar-refractivity contribution in [3.8, 4) is 21.7 Å². The highest BCUT2D eigenvalue weighted by Gasteiger charge is 2.35. The van der Waals surface area contributed by atoms with E-state index in [9.17, 15) is 17.6 Å². The highest BCUT2D eigenvalue weighted by atomic mass is 32.1. The lowest BCUT2D eigenvalue weighted by atomic mass is 9.95. The first-order chi connectivity index (χ1) is 17.7. The zero-order valence-electron chi connectivity index (χ0n) is 20.6. The first kappa shape index (κ1) is 25.2. The summed E-state index contributed by atoms with van der Waals surface area (Å²) in [6.45, 7) is 3.57. The van der Waals surface area contributed by atoms with Gasteiger partial charge in [-0.2, -0.15) is 13.2 Å². The summed E-state index contributed by atoms with van der Waals surface area (Å²) in [5, 5.41) is 3.18. The van der Waals surface area contributed by atoms with E-state index >= 15 is 0 Å². The van der Waals surface area contributed by atoms with Crippen LogP contribution in [0.4, 0.5) is 29.2 Å². The molecule has 0 radical (unpaired) electrons. The Morgan fingerprint density at radius 2 is 1.84 bits per heavy atom. The van der Waals surface area contributed by atoms with Crippen LogP contribution in [-0.4, -0.2) is 39.7 Å². The van der Waals surface area contributed by atoms with Crippen molar-refractivity contribution in [3.63, 3.8) is 0 Å². The summed E-state index contributed by atoms with van der Waals surface area (Å²) in [5.41, 5.74) is 0.338. The van der Waals surface area contributed by atoms with E-state index in [4.69, 9.17) is 0 Å². The molecule has 3 aromatic heterocycles. The predicted octanol–water partition coefficient (Wildman–Crippen LogP) is 6.50. The Morgan fingerprint density at radius 3 is 2.49 bits per heavy atom. The third-order valence-corrected chi connectivity index (χ3v) is 7.71. The topological polar surface area (TPSA) is 58.9 Å². The van der Waals surface area contributed by atoms with Gasteiger partial charge in [0, 0.05) is 54.6 Å².